The maximum atomic E-state index is 12.1. The van der Waals surface area contributed by atoms with Crippen molar-refractivity contribution < 1.29 is 9.72 Å². The SMILES string of the molecule is Cc1nn(C)c(C(=O)NN=CCC(C)c2ccccc2)c1[N+](=O)[O-]. The van der Waals surface area contributed by atoms with Crippen LogP contribution in [0.5, 0.6) is 0 Å². The first-order valence-corrected chi connectivity index (χ1v) is 7.46. The van der Waals surface area contributed by atoms with Crippen molar-refractivity contribution in [3.63, 3.8) is 0 Å². The maximum Gasteiger partial charge on any atom is 0.322 e. The van der Waals surface area contributed by atoms with Gasteiger partial charge in [0.1, 0.15) is 5.69 Å². The second-order valence-corrected chi connectivity index (χ2v) is 5.46. The van der Waals surface area contributed by atoms with Gasteiger partial charge in [0.05, 0.1) is 4.92 Å². The van der Waals surface area contributed by atoms with Crippen molar-refractivity contribution in [2.75, 3.05) is 0 Å². The number of aryl methyl sites for hydroxylation is 2. The number of carbonyl (C=O) groups is 1. The van der Waals surface area contributed by atoms with Crippen molar-refractivity contribution in [3.05, 3.63) is 57.4 Å². The molecule has 1 atom stereocenters. The van der Waals surface area contributed by atoms with E-state index in [1.54, 1.807) is 6.21 Å². The predicted molar refractivity (Wildman–Crippen MR) is 90.0 cm³/mol. The molecule has 2 rings (SSSR count). The van der Waals surface area contributed by atoms with Crippen LogP contribution < -0.4 is 5.43 Å². The molecule has 1 N–H and O–H groups in total. The number of hydrogen-bond acceptors (Lipinski definition) is 5. The predicted octanol–water partition coefficient (Wildman–Crippen LogP) is 2.55. The van der Waals surface area contributed by atoms with E-state index in [2.05, 4.69) is 22.5 Å². The molecular weight excluding hydrogens is 310 g/mol. The Kier molecular flexibility index (Phi) is 5.41. The number of nitro groups is 1. The lowest BCUT2D eigenvalue weighted by Crippen LogP contribution is -2.22. The smallest absolute Gasteiger partial charge is 0.265 e. The number of amides is 1. The second kappa shape index (κ2) is 7.49. The van der Waals surface area contributed by atoms with Gasteiger partial charge in [-0.2, -0.15) is 10.2 Å². The van der Waals surface area contributed by atoms with Gasteiger partial charge in [0, 0.05) is 13.3 Å². The molecule has 1 unspecified atom stereocenters. The summed E-state index contributed by atoms with van der Waals surface area (Å²) in [5, 5.41) is 18.9. The van der Waals surface area contributed by atoms with E-state index in [9.17, 15) is 14.9 Å². The Morgan fingerprint density at radius 1 is 1.46 bits per heavy atom. The van der Waals surface area contributed by atoms with Crippen LogP contribution in [0.1, 0.15) is 41.0 Å². The zero-order valence-corrected chi connectivity index (χ0v) is 13.8. The van der Waals surface area contributed by atoms with E-state index >= 15 is 0 Å². The van der Waals surface area contributed by atoms with Gasteiger partial charge in [0.15, 0.2) is 0 Å². The fourth-order valence-corrected chi connectivity index (χ4v) is 2.41. The molecule has 1 amide bonds. The zero-order valence-electron chi connectivity index (χ0n) is 13.8. The molecule has 0 spiro atoms. The van der Waals surface area contributed by atoms with Crippen molar-refractivity contribution in [2.45, 2.75) is 26.2 Å². The van der Waals surface area contributed by atoms with Crippen molar-refractivity contribution in [3.8, 4) is 0 Å². The maximum absolute atomic E-state index is 12.1. The summed E-state index contributed by atoms with van der Waals surface area (Å²) in [4.78, 5) is 22.6. The van der Waals surface area contributed by atoms with Gasteiger partial charge in [-0.05, 0) is 24.8 Å². The van der Waals surface area contributed by atoms with Gasteiger partial charge in [-0.15, -0.1) is 0 Å². The fourth-order valence-electron chi connectivity index (χ4n) is 2.41. The van der Waals surface area contributed by atoms with E-state index in [1.165, 1.54) is 24.2 Å². The number of nitrogens with zero attached hydrogens (tertiary/aromatic N) is 4. The third kappa shape index (κ3) is 3.83. The van der Waals surface area contributed by atoms with Gasteiger partial charge in [0.2, 0.25) is 5.69 Å². The van der Waals surface area contributed by atoms with Crippen LogP contribution in [0.25, 0.3) is 0 Å². The van der Waals surface area contributed by atoms with E-state index < -0.39 is 10.8 Å². The molecule has 8 heteroatoms. The molecule has 8 nitrogen and oxygen atoms in total. The van der Waals surface area contributed by atoms with E-state index in [0.717, 1.165) is 0 Å². The minimum Gasteiger partial charge on any atom is -0.265 e. The molecule has 0 radical (unpaired) electrons. The van der Waals surface area contributed by atoms with Crippen LogP contribution in [-0.2, 0) is 7.05 Å². The number of hydrogen-bond donors (Lipinski definition) is 1. The fraction of sp³-hybridized carbons (Fsp3) is 0.312. The van der Waals surface area contributed by atoms with E-state index in [0.29, 0.717) is 6.42 Å². The molecule has 126 valence electrons. The summed E-state index contributed by atoms with van der Waals surface area (Å²) in [5.74, 6) is -0.409. The van der Waals surface area contributed by atoms with Gasteiger partial charge in [-0.25, -0.2) is 5.43 Å². The first-order valence-electron chi connectivity index (χ1n) is 7.46. The highest BCUT2D eigenvalue weighted by Gasteiger charge is 2.28. The van der Waals surface area contributed by atoms with Gasteiger partial charge < -0.3 is 0 Å². The Bertz CT molecular complexity index is 768. The Morgan fingerprint density at radius 3 is 2.75 bits per heavy atom. The number of benzene rings is 1. The second-order valence-electron chi connectivity index (χ2n) is 5.46. The van der Waals surface area contributed by atoms with E-state index in [1.807, 2.05) is 30.3 Å². The summed E-state index contributed by atoms with van der Waals surface area (Å²) in [6.07, 6.45) is 2.22. The quantitative estimate of drug-likeness (QED) is 0.500. The number of hydrazone groups is 1. The first kappa shape index (κ1) is 17.3. The molecule has 0 aliphatic rings. The minimum absolute atomic E-state index is 0.120. The van der Waals surface area contributed by atoms with E-state index in [-0.39, 0.29) is 23.0 Å². The van der Waals surface area contributed by atoms with Crippen molar-refractivity contribution in [1.82, 2.24) is 15.2 Å². The molecule has 0 saturated heterocycles. The van der Waals surface area contributed by atoms with Crippen molar-refractivity contribution in [2.24, 2.45) is 12.1 Å². The number of carbonyl (C=O) groups excluding carboxylic acids is 1. The van der Waals surface area contributed by atoms with Crippen LogP contribution in [0, 0.1) is 17.0 Å². The number of rotatable bonds is 6. The lowest BCUT2D eigenvalue weighted by atomic mass is 9.99. The summed E-state index contributed by atoms with van der Waals surface area (Å²) in [6.45, 7) is 3.54. The summed E-state index contributed by atoms with van der Waals surface area (Å²) >= 11 is 0. The molecule has 0 saturated carbocycles. The summed E-state index contributed by atoms with van der Waals surface area (Å²) in [6, 6.07) is 9.94. The standard InChI is InChI=1S/C16H19N5O3/c1-11(13-7-5-4-6-8-13)9-10-17-18-16(22)15-14(21(23)24)12(2)19-20(15)3/h4-8,10-11H,9H2,1-3H3,(H,18,22). The molecule has 1 aromatic heterocycles. The highest BCUT2D eigenvalue weighted by atomic mass is 16.6. The van der Waals surface area contributed by atoms with Crippen LogP contribution in [0.15, 0.2) is 35.4 Å². The zero-order chi connectivity index (χ0) is 17.7. The lowest BCUT2D eigenvalue weighted by Gasteiger charge is -2.07. The minimum atomic E-state index is -0.659. The molecule has 2 aromatic rings. The van der Waals surface area contributed by atoms with Crippen LogP contribution >= 0.6 is 0 Å². The molecule has 0 aliphatic heterocycles. The number of nitrogens with one attached hydrogen (secondary N) is 1. The van der Waals surface area contributed by atoms with Gasteiger partial charge >= 0.3 is 5.69 Å². The van der Waals surface area contributed by atoms with Crippen LogP contribution in [0.3, 0.4) is 0 Å². The molecule has 0 fully saturated rings. The third-order valence-electron chi connectivity index (χ3n) is 3.67. The first-order chi connectivity index (χ1) is 11.4. The Balaban J connectivity index is 2.00. The Labute approximate surface area is 139 Å². The highest BCUT2D eigenvalue weighted by Crippen LogP contribution is 2.22. The third-order valence-corrected chi connectivity index (χ3v) is 3.67. The van der Waals surface area contributed by atoms with Crippen molar-refractivity contribution in [1.29, 1.82) is 0 Å². The number of aromatic nitrogens is 2. The topological polar surface area (TPSA) is 102 Å². The van der Waals surface area contributed by atoms with Crippen molar-refractivity contribution >= 4 is 17.8 Å². The molecule has 1 aromatic carbocycles. The summed E-state index contributed by atoms with van der Waals surface area (Å²) in [5.41, 5.74) is 3.26. The lowest BCUT2D eigenvalue weighted by molar-refractivity contribution is -0.385. The van der Waals surface area contributed by atoms with Gasteiger partial charge in [0.25, 0.3) is 5.91 Å². The van der Waals surface area contributed by atoms with Gasteiger partial charge in [-0.1, -0.05) is 37.3 Å². The Morgan fingerprint density at radius 2 is 2.12 bits per heavy atom. The largest absolute Gasteiger partial charge is 0.322 e. The summed E-state index contributed by atoms with van der Waals surface area (Å²) < 4.78 is 1.19. The summed E-state index contributed by atoms with van der Waals surface area (Å²) in [7, 11) is 1.48. The molecular formula is C16H19N5O3. The Hall–Kier alpha value is -3.03. The highest BCUT2D eigenvalue weighted by molar-refractivity contribution is 5.97. The molecule has 1 heterocycles. The average Bonchev–Trinajstić information content (AvgIpc) is 2.86. The average molecular weight is 329 g/mol. The van der Waals surface area contributed by atoms with Crippen LogP contribution in [0.4, 0.5) is 5.69 Å². The monoisotopic (exact) mass is 329 g/mol. The van der Waals surface area contributed by atoms with Gasteiger partial charge in [-0.3, -0.25) is 19.6 Å². The molecule has 0 aliphatic carbocycles. The molecule has 24 heavy (non-hydrogen) atoms. The van der Waals surface area contributed by atoms with E-state index in [4.69, 9.17) is 0 Å². The van der Waals surface area contributed by atoms with Crippen LogP contribution in [-0.4, -0.2) is 26.8 Å². The molecule has 0 bridgehead atoms. The normalized spacial score (nSPS) is 12.3. The van der Waals surface area contributed by atoms with Crippen LogP contribution in [0.2, 0.25) is 0 Å².